The maximum atomic E-state index is 4.45. The Balaban J connectivity index is 2.63. The van der Waals surface area contributed by atoms with Crippen LogP contribution in [0, 0.1) is 0 Å². The quantitative estimate of drug-likeness (QED) is 0.646. The van der Waals surface area contributed by atoms with Gasteiger partial charge >= 0.3 is 0 Å². The molecule has 0 spiro atoms. The lowest BCUT2D eigenvalue weighted by Gasteiger charge is -2.13. The minimum Gasteiger partial charge on any atom is -0.220 e. The molecule has 3 nitrogen and oxygen atoms in total. The molecular weight excluding hydrogens is 178 g/mol. The molecule has 0 N–H and O–H groups in total. The van der Waals surface area contributed by atoms with Crippen LogP contribution in [0.3, 0.4) is 0 Å². The van der Waals surface area contributed by atoms with Gasteiger partial charge < -0.3 is 0 Å². The number of hydrogen-bond donors (Lipinski definition) is 0. The lowest BCUT2D eigenvalue weighted by Crippen LogP contribution is -2.34. The first-order chi connectivity index (χ1) is 6.07. The number of rotatable bonds is 1. The predicted octanol–water partition coefficient (Wildman–Crippen LogP) is 2.11. The molecular formula is C9H13N3Si. The Morgan fingerprint density at radius 1 is 1.00 bits per heavy atom. The van der Waals surface area contributed by atoms with E-state index in [2.05, 4.69) is 29.8 Å². The molecule has 0 saturated carbocycles. The standard InChI is InChI=1S/C9H13N3Si/c1-13(2,3)12-10-8-6-4-5-7-9(8)11-12/h4-7H,1-3H3. The normalized spacial score (nSPS) is 12.2. The summed E-state index contributed by atoms with van der Waals surface area (Å²) >= 11 is 0. The van der Waals surface area contributed by atoms with Crippen molar-refractivity contribution in [3.8, 4) is 0 Å². The Hall–Kier alpha value is -1.16. The zero-order valence-electron chi connectivity index (χ0n) is 8.15. The molecule has 0 aliphatic carbocycles. The van der Waals surface area contributed by atoms with Gasteiger partial charge in [-0.3, -0.25) is 0 Å². The van der Waals surface area contributed by atoms with Gasteiger partial charge in [0.05, 0.1) is 0 Å². The van der Waals surface area contributed by atoms with Gasteiger partial charge in [-0.15, -0.1) is 0 Å². The average Bonchev–Trinajstić information content (AvgIpc) is 2.45. The zero-order valence-corrected chi connectivity index (χ0v) is 9.15. The summed E-state index contributed by atoms with van der Waals surface area (Å²) in [6.45, 7) is 6.68. The van der Waals surface area contributed by atoms with Crippen LogP contribution in [0.2, 0.25) is 19.6 Å². The second kappa shape index (κ2) is 2.66. The number of nitrogens with zero attached hydrogens (tertiary/aromatic N) is 3. The Morgan fingerprint density at radius 3 is 1.85 bits per heavy atom. The van der Waals surface area contributed by atoms with Crippen molar-refractivity contribution in [2.24, 2.45) is 0 Å². The van der Waals surface area contributed by atoms with E-state index in [0.29, 0.717) is 0 Å². The lowest BCUT2D eigenvalue weighted by atomic mass is 10.3. The predicted molar refractivity (Wildman–Crippen MR) is 56.3 cm³/mol. The lowest BCUT2D eigenvalue weighted by molar-refractivity contribution is 0.815. The molecule has 0 amide bonds. The topological polar surface area (TPSA) is 30.7 Å². The molecule has 2 rings (SSSR count). The van der Waals surface area contributed by atoms with Gasteiger partial charge in [-0.05, 0) is 31.8 Å². The van der Waals surface area contributed by atoms with E-state index in [-0.39, 0.29) is 0 Å². The van der Waals surface area contributed by atoms with Crippen LogP contribution in [-0.4, -0.2) is 22.9 Å². The van der Waals surface area contributed by atoms with Crippen molar-refractivity contribution in [2.45, 2.75) is 19.6 Å². The van der Waals surface area contributed by atoms with Gasteiger partial charge in [-0.1, -0.05) is 12.1 Å². The van der Waals surface area contributed by atoms with Crippen molar-refractivity contribution in [2.75, 3.05) is 0 Å². The van der Waals surface area contributed by atoms with Crippen molar-refractivity contribution in [3.63, 3.8) is 0 Å². The monoisotopic (exact) mass is 191 g/mol. The molecule has 13 heavy (non-hydrogen) atoms. The maximum absolute atomic E-state index is 4.45. The van der Waals surface area contributed by atoms with Gasteiger partial charge in [-0.2, -0.15) is 10.2 Å². The minimum absolute atomic E-state index is 0.991. The molecule has 0 radical (unpaired) electrons. The molecule has 1 aromatic carbocycles. The number of fused-ring (bicyclic) bond motifs is 1. The highest BCUT2D eigenvalue weighted by molar-refractivity contribution is 6.74. The van der Waals surface area contributed by atoms with E-state index in [4.69, 9.17) is 0 Å². The Labute approximate surface area is 78.5 Å². The van der Waals surface area contributed by atoms with Crippen LogP contribution in [0.4, 0.5) is 0 Å². The molecule has 68 valence electrons. The third-order valence-electron chi connectivity index (χ3n) is 1.89. The van der Waals surface area contributed by atoms with Gasteiger partial charge in [0.2, 0.25) is 8.24 Å². The molecule has 0 atom stereocenters. The van der Waals surface area contributed by atoms with E-state index in [0.717, 1.165) is 11.0 Å². The van der Waals surface area contributed by atoms with E-state index in [1.165, 1.54) is 0 Å². The summed E-state index contributed by atoms with van der Waals surface area (Å²) in [5.41, 5.74) is 1.98. The number of hydrogen-bond acceptors (Lipinski definition) is 2. The van der Waals surface area contributed by atoms with Crippen molar-refractivity contribution in [1.29, 1.82) is 0 Å². The van der Waals surface area contributed by atoms with Gasteiger partial charge in [0, 0.05) is 0 Å². The third kappa shape index (κ3) is 1.49. The largest absolute Gasteiger partial charge is 0.220 e. The van der Waals surface area contributed by atoms with Crippen LogP contribution in [-0.2, 0) is 0 Å². The first-order valence-electron chi connectivity index (χ1n) is 4.40. The van der Waals surface area contributed by atoms with Crippen molar-refractivity contribution < 1.29 is 0 Å². The fourth-order valence-corrected chi connectivity index (χ4v) is 1.98. The van der Waals surface area contributed by atoms with E-state index in [9.17, 15) is 0 Å². The third-order valence-corrected chi connectivity index (χ3v) is 3.29. The molecule has 1 heterocycles. The zero-order chi connectivity index (χ0) is 9.47. The average molecular weight is 191 g/mol. The minimum atomic E-state index is -1.42. The summed E-state index contributed by atoms with van der Waals surface area (Å²) in [7, 11) is -1.42. The van der Waals surface area contributed by atoms with Gasteiger partial charge in [0.25, 0.3) is 0 Å². The van der Waals surface area contributed by atoms with E-state index in [1.807, 2.05) is 28.7 Å². The molecule has 4 heteroatoms. The highest BCUT2D eigenvalue weighted by Crippen LogP contribution is 2.10. The summed E-state index contributed by atoms with van der Waals surface area (Å²) in [6.07, 6.45) is 0. The molecule has 0 fully saturated rings. The van der Waals surface area contributed by atoms with E-state index >= 15 is 0 Å². The highest BCUT2D eigenvalue weighted by atomic mass is 28.3. The Bertz CT molecular complexity index is 395. The van der Waals surface area contributed by atoms with Gasteiger partial charge in [0.1, 0.15) is 11.0 Å². The Kier molecular flexibility index (Phi) is 1.73. The van der Waals surface area contributed by atoms with E-state index < -0.39 is 8.24 Å². The van der Waals surface area contributed by atoms with Crippen LogP contribution < -0.4 is 0 Å². The summed E-state index contributed by atoms with van der Waals surface area (Å²) in [6, 6.07) is 7.98. The van der Waals surface area contributed by atoms with Crippen molar-refractivity contribution in [1.82, 2.24) is 14.7 Å². The molecule has 2 aromatic rings. The molecule has 0 saturated heterocycles. The fraction of sp³-hybridized carbons (Fsp3) is 0.333. The highest BCUT2D eigenvalue weighted by Gasteiger charge is 2.19. The summed E-state index contributed by atoms with van der Waals surface area (Å²) in [5.74, 6) is 0. The van der Waals surface area contributed by atoms with Crippen LogP contribution in [0.5, 0.6) is 0 Å². The maximum Gasteiger partial charge on any atom is 0.202 e. The van der Waals surface area contributed by atoms with Crippen molar-refractivity contribution >= 4 is 19.3 Å². The smallest absolute Gasteiger partial charge is 0.202 e. The van der Waals surface area contributed by atoms with Gasteiger partial charge in [-0.25, -0.2) is 4.46 Å². The number of benzene rings is 1. The SMILES string of the molecule is C[Si](C)(C)n1nc2ccccc2n1. The fourth-order valence-electron chi connectivity index (χ4n) is 1.16. The molecule has 0 aliphatic rings. The summed E-state index contributed by atoms with van der Waals surface area (Å²) in [4.78, 5) is 0. The van der Waals surface area contributed by atoms with Crippen molar-refractivity contribution in [3.05, 3.63) is 24.3 Å². The summed E-state index contributed by atoms with van der Waals surface area (Å²) in [5, 5.41) is 8.90. The first kappa shape index (κ1) is 8.44. The van der Waals surface area contributed by atoms with Crippen LogP contribution >= 0.6 is 0 Å². The second-order valence-electron chi connectivity index (χ2n) is 4.15. The Morgan fingerprint density at radius 2 is 1.46 bits per heavy atom. The molecule has 0 unspecified atom stereocenters. The van der Waals surface area contributed by atoms with Crippen LogP contribution in [0.15, 0.2) is 24.3 Å². The summed E-state index contributed by atoms with van der Waals surface area (Å²) < 4.78 is 1.90. The van der Waals surface area contributed by atoms with Gasteiger partial charge in [0.15, 0.2) is 0 Å². The molecule has 1 aromatic heterocycles. The molecule has 0 aliphatic heterocycles. The van der Waals surface area contributed by atoms with E-state index in [1.54, 1.807) is 0 Å². The second-order valence-corrected chi connectivity index (χ2v) is 8.89. The van der Waals surface area contributed by atoms with Crippen LogP contribution in [0.25, 0.3) is 11.0 Å². The molecule has 0 bridgehead atoms. The number of aromatic nitrogens is 3. The van der Waals surface area contributed by atoms with Crippen LogP contribution in [0.1, 0.15) is 0 Å². The first-order valence-corrected chi connectivity index (χ1v) is 7.85.